The first-order valence-electron chi connectivity index (χ1n) is 10.4. The van der Waals surface area contributed by atoms with Crippen LogP contribution in [0, 0.1) is 17.7 Å². The molecule has 1 aliphatic rings. The molecule has 1 saturated heterocycles. The molecule has 164 valence electrons. The molecule has 2 aromatic carbocycles. The van der Waals surface area contributed by atoms with Crippen LogP contribution < -0.4 is 20.7 Å². The van der Waals surface area contributed by atoms with E-state index in [2.05, 4.69) is 36.1 Å². The number of ether oxygens (including phenoxy) is 1. The van der Waals surface area contributed by atoms with Gasteiger partial charge in [0.2, 0.25) is 0 Å². The number of phenols is 1. The van der Waals surface area contributed by atoms with Crippen molar-refractivity contribution in [2.75, 3.05) is 32.2 Å². The fourth-order valence-corrected chi connectivity index (χ4v) is 4.87. The number of rotatable bonds is 6. The minimum absolute atomic E-state index is 0.0552. The average Bonchev–Trinajstić information content (AvgIpc) is 3.22. The van der Waals surface area contributed by atoms with E-state index < -0.39 is 5.82 Å². The van der Waals surface area contributed by atoms with Crippen LogP contribution in [0.25, 0.3) is 22.3 Å². The lowest BCUT2D eigenvalue weighted by atomic mass is 9.91. The molecule has 1 aliphatic heterocycles. The summed E-state index contributed by atoms with van der Waals surface area (Å²) in [5.74, 6) is 2.20. The highest BCUT2D eigenvalue weighted by Crippen LogP contribution is 2.34. The molecule has 3 aromatic rings. The fourth-order valence-electron chi connectivity index (χ4n) is 4.17. The Morgan fingerprint density at radius 2 is 2.03 bits per heavy atom. The summed E-state index contributed by atoms with van der Waals surface area (Å²) in [4.78, 5) is 9.41. The van der Waals surface area contributed by atoms with Gasteiger partial charge in [-0.15, -0.1) is 0 Å². The van der Waals surface area contributed by atoms with Gasteiger partial charge in [-0.05, 0) is 48.8 Å². The summed E-state index contributed by atoms with van der Waals surface area (Å²) < 4.78 is 19.5. The first kappa shape index (κ1) is 21.7. The minimum Gasteiger partial charge on any atom is -0.507 e. The van der Waals surface area contributed by atoms with E-state index >= 15 is 0 Å². The Bertz CT molecular complexity index is 1110. The molecule has 3 atom stereocenters. The molecule has 0 radical (unpaired) electrons. The number of halogens is 1. The summed E-state index contributed by atoms with van der Waals surface area (Å²) in [6.07, 6.45) is 0. The van der Waals surface area contributed by atoms with Crippen molar-refractivity contribution < 1.29 is 14.2 Å². The van der Waals surface area contributed by atoms with Gasteiger partial charge in [0.1, 0.15) is 23.1 Å². The number of nitrogens with one attached hydrogen (secondary N) is 2. The van der Waals surface area contributed by atoms with Gasteiger partial charge in [0.05, 0.1) is 18.2 Å². The lowest BCUT2D eigenvalue weighted by Crippen LogP contribution is -2.31. The number of aromatic nitrogens is 2. The summed E-state index contributed by atoms with van der Waals surface area (Å²) in [5, 5.41) is 19.3. The third-order valence-corrected chi connectivity index (χ3v) is 6.85. The Morgan fingerprint density at radius 3 is 2.74 bits per heavy atom. The van der Waals surface area contributed by atoms with E-state index in [4.69, 9.17) is 9.72 Å². The second-order valence-electron chi connectivity index (χ2n) is 8.19. The zero-order chi connectivity index (χ0) is 22.1. The summed E-state index contributed by atoms with van der Waals surface area (Å²) in [5.41, 5.74) is 1.000. The number of nitrogens with zero attached hydrogens (tertiary/aromatic N) is 2. The second-order valence-corrected chi connectivity index (χ2v) is 9.23. The van der Waals surface area contributed by atoms with Gasteiger partial charge in [-0.3, -0.25) is 0 Å². The van der Waals surface area contributed by atoms with Crippen LogP contribution in [0.3, 0.4) is 0 Å². The van der Waals surface area contributed by atoms with Crippen LogP contribution in [0.1, 0.15) is 13.8 Å². The number of phenolic OH excluding ortho intramolecular Hbond substituents is 1. The topological polar surface area (TPSA) is 79.3 Å². The Morgan fingerprint density at radius 1 is 1.23 bits per heavy atom. The molecule has 1 fully saturated rings. The molecule has 1 unspecified atom stereocenters. The van der Waals surface area contributed by atoms with E-state index in [1.165, 1.54) is 18.2 Å². The molecular formula is C23H28FN4O2P. The van der Waals surface area contributed by atoms with Crippen LogP contribution in [-0.2, 0) is 0 Å². The standard InChI is InChI=1S/C23H28FN4O2P/c1-12(2)16-10-25-11-18(16)27-22-14-8-20(30-3)21(31-4)9-17(14)26-23(28-22)15-7-13(24)5-6-19(15)29/h5-9,12,16,18,25,29,31H,10-11H2,1-4H3,(H,26,27,28)/t16-,18+/m0/s1. The fraction of sp³-hybridized carbons (Fsp3) is 0.391. The van der Waals surface area contributed by atoms with Crippen LogP contribution in [0.5, 0.6) is 11.5 Å². The average molecular weight is 442 g/mol. The van der Waals surface area contributed by atoms with E-state index in [1.54, 1.807) is 7.11 Å². The zero-order valence-corrected chi connectivity index (χ0v) is 19.2. The SMILES string of the molecule is COc1cc2c(N[C@@H]3CNC[C@H]3C(C)C)nc(-c3cc(F)ccc3O)nc2cc1PC. The zero-order valence-electron chi connectivity index (χ0n) is 18.2. The number of anilines is 1. The van der Waals surface area contributed by atoms with Gasteiger partial charge in [-0.1, -0.05) is 22.4 Å². The van der Waals surface area contributed by atoms with Crippen LogP contribution in [0.15, 0.2) is 30.3 Å². The number of aromatic hydroxyl groups is 1. The Hall–Kier alpha value is -2.50. The van der Waals surface area contributed by atoms with Crippen molar-refractivity contribution in [3.8, 4) is 22.9 Å². The quantitative estimate of drug-likeness (QED) is 0.505. The lowest BCUT2D eigenvalue weighted by Gasteiger charge is -2.24. The lowest BCUT2D eigenvalue weighted by molar-refractivity contribution is 0.394. The van der Waals surface area contributed by atoms with Crippen molar-refractivity contribution in [2.24, 2.45) is 11.8 Å². The van der Waals surface area contributed by atoms with Crippen molar-refractivity contribution in [3.05, 3.63) is 36.1 Å². The predicted octanol–water partition coefficient (Wildman–Crippen LogP) is 3.74. The highest BCUT2D eigenvalue weighted by molar-refractivity contribution is 7.46. The predicted molar refractivity (Wildman–Crippen MR) is 126 cm³/mol. The van der Waals surface area contributed by atoms with Crippen molar-refractivity contribution in [1.82, 2.24) is 15.3 Å². The maximum atomic E-state index is 13.9. The van der Waals surface area contributed by atoms with Gasteiger partial charge in [0.25, 0.3) is 0 Å². The molecule has 3 N–H and O–H groups in total. The van der Waals surface area contributed by atoms with E-state index in [1.807, 2.05) is 12.1 Å². The largest absolute Gasteiger partial charge is 0.507 e. The summed E-state index contributed by atoms with van der Waals surface area (Å²) in [7, 11) is 2.19. The molecule has 1 aromatic heterocycles. The number of benzene rings is 2. The van der Waals surface area contributed by atoms with Crippen molar-refractivity contribution in [3.63, 3.8) is 0 Å². The van der Waals surface area contributed by atoms with Crippen LogP contribution in [0.4, 0.5) is 10.2 Å². The molecule has 0 aliphatic carbocycles. The molecule has 0 amide bonds. The maximum Gasteiger partial charge on any atom is 0.165 e. The van der Waals surface area contributed by atoms with Crippen molar-refractivity contribution in [1.29, 1.82) is 0 Å². The van der Waals surface area contributed by atoms with Gasteiger partial charge >= 0.3 is 0 Å². The monoisotopic (exact) mass is 442 g/mol. The number of hydrogen-bond acceptors (Lipinski definition) is 6. The Balaban J connectivity index is 1.89. The second kappa shape index (κ2) is 8.93. The molecule has 0 spiro atoms. The molecule has 31 heavy (non-hydrogen) atoms. The minimum atomic E-state index is -0.448. The van der Waals surface area contributed by atoms with E-state index in [9.17, 15) is 9.50 Å². The third kappa shape index (κ3) is 4.30. The van der Waals surface area contributed by atoms with Gasteiger partial charge in [-0.25, -0.2) is 14.4 Å². The summed E-state index contributed by atoms with van der Waals surface area (Å²) in [6.45, 7) is 8.30. The number of methoxy groups -OCH3 is 1. The molecule has 4 rings (SSSR count). The van der Waals surface area contributed by atoms with E-state index in [-0.39, 0.29) is 23.2 Å². The van der Waals surface area contributed by atoms with E-state index in [0.717, 1.165) is 35.0 Å². The maximum absolute atomic E-state index is 13.9. The Labute approximate surface area is 183 Å². The molecule has 2 heterocycles. The van der Waals surface area contributed by atoms with Gasteiger partial charge in [0, 0.05) is 29.8 Å². The van der Waals surface area contributed by atoms with E-state index in [0.29, 0.717) is 26.2 Å². The van der Waals surface area contributed by atoms with Crippen LogP contribution in [0.2, 0.25) is 0 Å². The normalized spacial score (nSPS) is 19.0. The highest BCUT2D eigenvalue weighted by atomic mass is 31.1. The smallest absolute Gasteiger partial charge is 0.165 e. The van der Waals surface area contributed by atoms with Crippen LogP contribution >= 0.6 is 8.58 Å². The molecular weight excluding hydrogens is 414 g/mol. The summed E-state index contributed by atoms with van der Waals surface area (Å²) >= 11 is 0. The first-order chi connectivity index (χ1) is 14.9. The molecule has 8 heteroatoms. The number of hydrogen-bond donors (Lipinski definition) is 3. The van der Waals surface area contributed by atoms with Gasteiger partial charge < -0.3 is 20.5 Å². The van der Waals surface area contributed by atoms with Gasteiger partial charge in [0.15, 0.2) is 5.82 Å². The van der Waals surface area contributed by atoms with Gasteiger partial charge in [-0.2, -0.15) is 0 Å². The van der Waals surface area contributed by atoms with Crippen molar-refractivity contribution >= 4 is 30.6 Å². The molecule has 6 nitrogen and oxygen atoms in total. The third-order valence-electron chi connectivity index (χ3n) is 5.93. The summed E-state index contributed by atoms with van der Waals surface area (Å²) in [6, 6.07) is 7.97. The Kier molecular flexibility index (Phi) is 6.26. The molecule has 0 bridgehead atoms. The number of fused-ring (bicyclic) bond motifs is 1. The first-order valence-corrected chi connectivity index (χ1v) is 11.9. The molecule has 0 saturated carbocycles. The highest BCUT2D eigenvalue weighted by Gasteiger charge is 2.30. The van der Waals surface area contributed by atoms with Crippen LogP contribution in [-0.4, -0.2) is 48.0 Å². The van der Waals surface area contributed by atoms with Crippen molar-refractivity contribution in [2.45, 2.75) is 19.9 Å².